The van der Waals surface area contributed by atoms with Crippen LogP contribution in [0.5, 0.6) is 0 Å². The van der Waals surface area contributed by atoms with Crippen LogP contribution in [0.4, 0.5) is 4.39 Å². The third kappa shape index (κ3) is 4.64. The van der Waals surface area contributed by atoms with Crippen molar-refractivity contribution in [1.82, 2.24) is 20.2 Å². The number of rotatable bonds is 6. The van der Waals surface area contributed by atoms with Gasteiger partial charge >= 0.3 is 0 Å². The molecule has 0 saturated carbocycles. The highest BCUT2D eigenvalue weighted by Gasteiger charge is 2.23. The van der Waals surface area contributed by atoms with Gasteiger partial charge in [0.15, 0.2) is 0 Å². The Kier molecular flexibility index (Phi) is 5.25. The Bertz CT molecular complexity index is 683. The third-order valence-corrected chi connectivity index (χ3v) is 4.39. The molecule has 0 spiro atoms. The number of nitrogens with one attached hydrogen (secondary N) is 2. The number of halogens is 1. The second kappa shape index (κ2) is 7.57. The van der Waals surface area contributed by atoms with Gasteiger partial charge in [0.25, 0.3) is 0 Å². The second-order valence-corrected chi connectivity index (χ2v) is 6.49. The summed E-state index contributed by atoms with van der Waals surface area (Å²) >= 11 is 0. The second-order valence-electron chi connectivity index (χ2n) is 6.49. The van der Waals surface area contributed by atoms with Gasteiger partial charge < -0.3 is 10.3 Å². The summed E-state index contributed by atoms with van der Waals surface area (Å²) in [5.41, 5.74) is 1.96. The van der Waals surface area contributed by atoms with Crippen LogP contribution in [0.1, 0.15) is 23.5 Å². The largest absolute Gasteiger partial charge is 0.355 e. The average Bonchev–Trinajstić information content (AvgIpc) is 3.17. The maximum Gasteiger partial charge on any atom is 0.224 e. The van der Waals surface area contributed by atoms with Gasteiger partial charge in [-0.15, -0.1) is 0 Å². The minimum absolute atomic E-state index is 0.00995. The van der Waals surface area contributed by atoms with Crippen molar-refractivity contribution in [2.24, 2.45) is 5.92 Å². The Morgan fingerprint density at radius 1 is 1.42 bits per heavy atom. The average molecular weight is 330 g/mol. The van der Waals surface area contributed by atoms with E-state index in [1.165, 1.54) is 12.1 Å². The molecule has 1 aliphatic heterocycles. The molecule has 0 radical (unpaired) electrons. The zero-order valence-corrected chi connectivity index (χ0v) is 13.9. The number of amides is 1. The highest BCUT2D eigenvalue weighted by atomic mass is 19.1. The van der Waals surface area contributed by atoms with Crippen molar-refractivity contribution >= 4 is 5.91 Å². The van der Waals surface area contributed by atoms with E-state index in [1.807, 2.05) is 13.1 Å². The molecule has 0 bridgehead atoms. The van der Waals surface area contributed by atoms with Gasteiger partial charge in [0.1, 0.15) is 11.6 Å². The first-order valence-corrected chi connectivity index (χ1v) is 8.32. The van der Waals surface area contributed by atoms with Gasteiger partial charge in [-0.05, 0) is 43.5 Å². The normalized spacial score (nSPS) is 18.0. The van der Waals surface area contributed by atoms with Crippen molar-refractivity contribution in [3.05, 3.63) is 53.4 Å². The molecular formula is C18H23FN4O. The number of aromatic amines is 1. The van der Waals surface area contributed by atoms with Gasteiger partial charge in [-0.2, -0.15) is 0 Å². The molecular weight excluding hydrogens is 307 g/mol. The Hall–Kier alpha value is -2.21. The summed E-state index contributed by atoms with van der Waals surface area (Å²) in [6.45, 7) is 5.54. The molecule has 3 rings (SSSR count). The van der Waals surface area contributed by atoms with E-state index in [2.05, 4.69) is 20.2 Å². The maximum atomic E-state index is 12.9. The summed E-state index contributed by atoms with van der Waals surface area (Å²) in [5, 5.41) is 3.00. The molecule has 1 aliphatic rings. The zero-order chi connectivity index (χ0) is 16.9. The van der Waals surface area contributed by atoms with Crippen molar-refractivity contribution in [3.8, 4) is 0 Å². The number of hydrogen-bond donors (Lipinski definition) is 2. The summed E-state index contributed by atoms with van der Waals surface area (Å²) < 4.78 is 12.9. The summed E-state index contributed by atoms with van der Waals surface area (Å²) in [5.74, 6) is 1.13. The van der Waals surface area contributed by atoms with Crippen molar-refractivity contribution in [3.63, 3.8) is 0 Å². The van der Waals surface area contributed by atoms with Crippen LogP contribution in [-0.2, 0) is 17.8 Å². The van der Waals surface area contributed by atoms with Crippen LogP contribution in [0.25, 0.3) is 0 Å². The van der Waals surface area contributed by atoms with Crippen LogP contribution >= 0.6 is 0 Å². The summed E-state index contributed by atoms with van der Waals surface area (Å²) in [7, 11) is 0. The smallest absolute Gasteiger partial charge is 0.224 e. The fourth-order valence-corrected chi connectivity index (χ4v) is 3.12. The first-order valence-electron chi connectivity index (χ1n) is 8.32. The zero-order valence-electron chi connectivity index (χ0n) is 13.9. The summed E-state index contributed by atoms with van der Waals surface area (Å²) in [6, 6.07) is 6.07. The minimum atomic E-state index is -0.280. The molecule has 5 nitrogen and oxygen atoms in total. The standard InChI is InChI=1S/C18H23FN4O/c1-13-20-10-17(22-13)12-23-7-6-15(11-23)9-21-18(24)8-14-2-4-16(19)5-3-14/h2-5,10,15H,6-9,11-12H2,1H3,(H,20,22)(H,21,24)/t15-/m0/s1. The lowest BCUT2D eigenvalue weighted by atomic mass is 10.1. The quantitative estimate of drug-likeness (QED) is 0.852. The Morgan fingerprint density at radius 2 is 2.21 bits per heavy atom. The number of carbonyl (C=O) groups excluding carboxylic acids is 1. The topological polar surface area (TPSA) is 61.0 Å². The fourth-order valence-electron chi connectivity index (χ4n) is 3.12. The van der Waals surface area contributed by atoms with E-state index >= 15 is 0 Å². The van der Waals surface area contributed by atoms with E-state index < -0.39 is 0 Å². The van der Waals surface area contributed by atoms with Crippen molar-refractivity contribution < 1.29 is 9.18 Å². The number of aromatic nitrogens is 2. The highest BCUT2D eigenvalue weighted by Crippen LogP contribution is 2.17. The van der Waals surface area contributed by atoms with Gasteiger partial charge in [-0.1, -0.05) is 12.1 Å². The lowest BCUT2D eigenvalue weighted by molar-refractivity contribution is -0.120. The van der Waals surface area contributed by atoms with Crippen LogP contribution in [0.3, 0.4) is 0 Å². The SMILES string of the molecule is Cc1ncc(CN2CC[C@@H](CNC(=O)Cc3ccc(F)cc3)C2)[nH]1. The molecule has 6 heteroatoms. The summed E-state index contributed by atoms with van der Waals surface area (Å²) in [6.07, 6.45) is 3.27. The van der Waals surface area contributed by atoms with Gasteiger partial charge in [0.2, 0.25) is 5.91 Å². The third-order valence-electron chi connectivity index (χ3n) is 4.39. The number of nitrogens with zero attached hydrogens (tertiary/aromatic N) is 2. The molecule has 0 unspecified atom stereocenters. The molecule has 24 heavy (non-hydrogen) atoms. The molecule has 1 aromatic heterocycles. The molecule has 128 valence electrons. The van der Waals surface area contributed by atoms with Gasteiger partial charge in [-0.3, -0.25) is 9.69 Å². The van der Waals surface area contributed by atoms with Gasteiger partial charge in [-0.25, -0.2) is 9.37 Å². The van der Waals surface area contributed by atoms with Crippen molar-refractivity contribution in [1.29, 1.82) is 0 Å². The van der Waals surface area contributed by atoms with E-state index in [1.54, 1.807) is 12.1 Å². The number of aryl methyl sites for hydroxylation is 1. The van der Waals surface area contributed by atoms with Gasteiger partial charge in [0.05, 0.1) is 6.42 Å². The highest BCUT2D eigenvalue weighted by molar-refractivity contribution is 5.78. The van der Waals surface area contributed by atoms with E-state index in [9.17, 15) is 9.18 Å². The van der Waals surface area contributed by atoms with Crippen LogP contribution in [-0.4, -0.2) is 40.4 Å². The van der Waals surface area contributed by atoms with E-state index in [-0.39, 0.29) is 11.7 Å². The molecule has 1 fully saturated rings. The molecule has 2 N–H and O–H groups in total. The lowest BCUT2D eigenvalue weighted by Gasteiger charge is -2.15. The number of imidazole rings is 1. The van der Waals surface area contributed by atoms with Crippen LogP contribution in [0.15, 0.2) is 30.5 Å². The van der Waals surface area contributed by atoms with E-state index in [4.69, 9.17) is 0 Å². The molecule has 2 aromatic rings. The number of carbonyl (C=O) groups is 1. The Balaban J connectivity index is 1.39. The molecule has 1 saturated heterocycles. The predicted octanol–water partition coefficient (Wildman–Crippen LogP) is 2.04. The number of hydrogen-bond acceptors (Lipinski definition) is 3. The molecule has 0 aliphatic carbocycles. The monoisotopic (exact) mass is 330 g/mol. The van der Waals surface area contributed by atoms with Crippen LogP contribution < -0.4 is 5.32 Å². The Morgan fingerprint density at radius 3 is 2.92 bits per heavy atom. The van der Waals surface area contributed by atoms with Crippen molar-refractivity contribution in [2.75, 3.05) is 19.6 Å². The summed E-state index contributed by atoms with van der Waals surface area (Å²) in [4.78, 5) is 21.8. The minimum Gasteiger partial charge on any atom is -0.355 e. The van der Waals surface area contributed by atoms with Crippen LogP contribution in [0.2, 0.25) is 0 Å². The lowest BCUT2D eigenvalue weighted by Crippen LogP contribution is -2.32. The first-order chi connectivity index (χ1) is 11.6. The number of likely N-dealkylation sites (tertiary alicyclic amines) is 1. The van der Waals surface area contributed by atoms with E-state index in [0.29, 0.717) is 18.9 Å². The number of H-pyrrole nitrogens is 1. The molecule has 2 heterocycles. The first kappa shape index (κ1) is 16.6. The van der Waals surface area contributed by atoms with E-state index in [0.717, 1.165) is 43.1 Å². The molecule has 1 amide bonds. The maximum absolute atomic E-state index is 12.9. The predicted molar refractivity (Wildman–Crippen MR) is 89.8 cm³/mol. The molecule has 1 atom stereocenters. The number of benzene rings is 1. The fraction of sp³-hybridized carbons (Fsp3) is 0.444. The van der Waals surface area contributed by atoms with Crippen LogP contribution in [0, 0.1) is 18.7 Å². The van der Waals surface area contributed by atoms with Gasteiger partial charge in [0, 0.05) is 31.5 Å². The Labute approximate surface area is 141 Å². The van der Waals surface area contributed by atoms with Crippen molar-refractivity contribution in [2.45, 2.75) is 26.3 Å². The molecule has 1 aromatic carbocycles.